The van der Waals surface area contributed by atoms with Crippen LogP contribution < -0.4 is 5.32 Å². The van der Waals surface area contributed by atoms with E-state index in [1.807, 2.05) is 19.1 Å². The van der Waals surface area contributed by atoms with Crippen molar-refractivity contribution in [1.82, 2.24) is 10.2 Å². The average Bonchev–Trinajstić information content (AvgIpc) is 2.93. The van der Waals surface area contributed by atoms with Crippen LogP contribution in [0.5, 0.6) is 0 Å². The fourth-order valence-corrected chi connectivity index (χ4v) is 2.91. The van der Waals surface area contributed by atoms with E-state index in [0.29, 0.717) is 6.04 Å². The van der Waals surface area contributed by atoms with Crippen molar-refractivity contribution in [2.45, 2.75) is 52.1 Å². The Balaban J connectivity index is 1.99. The Hall–Kier alpha value is -0.930. The van der Waals surface area contributed by atoms with Gasteiger partial charge in [-0.15, -0.1) is 0 Å². The first-order chi connectivity index (χ1) is 9.69. The van der Waals surface area contributed by atoms with Crippen molar-refractivity contribution < 1.29 is 4.39 Å². The molecule has 1 atom stereocenters. The number of aryl methyl sites for hydroxylation is 1. The van der Waals surface area contributed by atoms with Gasteiger partial charge < -0.3 is 5.32 Å². The Morgan fingerprint density at radius 2 is 2.25 bits per heavy atom. The zero-order valence-electron chi connectivity index (χ0n) is 12.8. The minimum Gasteiger partial charge on any atom is -0.313 e. The summed E-state index contributed by atoms with van der Waals surface area (Å²) in [6.07, 6.45) is 4.88. The second-order valence-electron chi connectivity index (χ2n) is 5.98. The predicted octanol–water partition coefficient (Wildman–Crippen LogP) is 3.49. The highest BCUT2D eigenvalue weighted by Crippen LogP contribution is 2.15. The molecule has 1 aliphatic rings. The van der Waals surface area contributed by atoms with E-state index in [2.05, 4.69) is 17.1 Å². The smallest absolute Gasteiger partial charge is 0.127 e. The van der Waals surface area contributed by atoms with Crippen molar-refractivity contribution in [3.05, 3.63) is 35.1 Å². The standard InChI is InChI=1S/C17H27FN2/c1-3-4-10-20(13-16-6-5-9-19-16)12-15-11-14(2)7-8-17(15)18/h7-8,11,16,19H,3-6,9-10,12-13H2,1-2H3. The lowest BCUT2D eigenvalue weighted by Gasteiger charge is -2.26. The van der Waals surface area contributed by atoms with Crippen LogP contribution in [0.15, 0.2) is 18.2 Å². The lowest BCUT2D eigenvalue weighted by molar-refractivity contribution is 0.234. The third-order valence-corrected chi connectivity index (χ3v) is 4.06. The third-order valence-electron chi connectivity index (χ3n) is 4.06. The number of rotatable bonds is 7. The number of unbranched alkanes of at least 4 members (excludes halogenated alkanes) is 1. The molecule has 1 heterocycles. The highest BCUT2D eigenvalue weighted by atomic mass is 19.1. The van der Waals surface area contributed by atoms with Crippen molar-refractivity contribution in [3.8, 4) is 0 Å². The third kappa shape index (κ3) is 4.57. The van der Waals surface area contributed by atoms with Crippen molar-refractivity contribution >= 4 is 0 Å². The molecule has 0 radical (unpaired) electrons. The molecule has 0 aliphatic carbocycles. The molecule has 1 fully saturated rings. The van der Waals surface area contributed by atoms with Crippen LogP contribution in [0.1, 0.15) is 43.7 Å². The summed E-state index contributed by atoms with van der Waals surface area (Å²) in [7, 11) is 0. The molecule has 0 spiro atoms. The normalized spacial score (nSPS) is 18.9. The van der Waals surface area contributed by atoms with Crippen molar-refractivity contribution in [2.75, 3.05) is 19.6 Å². The Kier molecular flexibility index (Phi) is 5.99. The number of halogens is 1. The van der Waals surface area contributed by atoms with Crippen LogP contribution in [0.4, 0.5) is 4.39 Å². The first-order valence-electron chi connectivity index (χ1n) is 7.90. The largest absolute Gasteiger partial charge is 0.313 e. The molecule has 1 aromatic rings. The topological polar surface area (TPSA) is 15.3 Å². The molecule has 1 aliphatic heterocycles. The second kappa shape index (κ2) is 7.75. The molecule has 3 heteroatoms. The summed E-state index contributed by atoms with van der Waals surface area (Å²) in [4.78, 5) is 2.41. The molecule has 1 saturated heterocycles. The molecule has 112 valence electrons. The quantitative estimate of drug-likeness (QED) is 0.821. The molecule has 1 aromatic carbocycles. The number of hydrogen-bond donors (Lipinski definition) is 1. The van der Waals surface area contributed by atoms with Gasteiger partial charge in [0.15, 0.2) is 0 Å². The maximum atomic E-state index is 13.9. The van der Waals surface area contributed by atoms with Gasteiger partial charge in [0.25, 0.3) is 0 Å². The van der Waals surface area contributed by atoms with Crippen molar-refractivity contribution in [1.29, 1.82) is 0 Å². The lowest BCUT2D eigenvalue weighted by atomic mass is 10.1. The molecular formula is C17H27FN2. The van der Waals surface area contributed by atoms with E-state index in [1.54, 1.807) is 6.07 Å². The molecule has 0 saturated carbocycles. The first-order valence-corrected chi connectivity index (χ1v) is 7.90. The van der Waals surface area contributed by atoms with Gasteiger partial charge in [-0.1, -0.05) is 31.0 Å². The lowest BCUT2D eigenvalue weighted by Crippen LogP contribution is -2.37. The monoisotopic (exact) mass is 278 g/mol. The molecule has 0 amide bonds. The number of hydrogen-bond acceptors (Lipinski definition) is 2. The van der Waals surface area contributed by atoms with E-state index >= 15 is 0 Å². The Bertz CT molecular complexity index is 413. The Morgan fingerprint density at radius 3 is 2.95 bits per heavy atom. The molecule has 1 N–H and O–H groups in total. The van der Waals surface area contributed by atoms with Crippen LogP contribution >= 0.6 is 0 Å². The average molecular weight is 278 g/mol. The maximum Gasteiger partial charge on any atom is 0.127 e. The van der Waals surface area contributed by atoms with E-state index in [4.69, 9.17) is 0 Å². The van der Waals surface area contributed by atoms with Crippen LogP contribution in [-0.4, -0.2) is 30.6 Å². The molecule has 2 rings (SSSR count). The zero-order chi connectivity index (χ0) is 14.4. The van der Waals surface area contributed by atoms with E-state index < -0.39 is 0 Å². The predicted molar refractivity (Wildman–Crippen MR) is 82.3 cm³/mol. The van der Waals surface area contributed by atoms with Gasteiger partial charge in [0.1, 0.15) is 5.82 Å². The summed E-state index contributed by atoms with van der Waals surface area (Å²) in [5.74, 6) is -0.0727. The van der Waals surface area contributed by atoms with Gasteiger partial charge in [-0.25, -0.2) is 4.39 Å². The van der Waals surface area contributed by atoms with Crippen LogP contribution in [0.25, 0.3) is 0 Å². The molecular weight excluding hydrogens is 251 g/mol. The minimum absolute atomic E-state index is 0.0727. The Labute approximate surface area is 122 Å². The van der Waals surface area contributed by atoms with Gasteiger partial charge >= 0.3 is 0 Å². The van der Waals surface area contributed by atoms with Gasteiger partial charge in [-0.2, -0.15) is 0 Å². The highest BCUT2D eigenvalue weighted by molar-refractivity contribution is 5.24. The van der Waals surface area contributed by atoms with E-state index in [0.717, 1.165) is 37.3 Å². The number of benzene rings is 1. The first kappa shape index (κ1) is 15.5. The summed E-state index contributed by atoms with van der Waals surface area (Å²) in [5.41, 5.74) is 1.97. The fourth-order valence-electron chi connectivity index (χ4n) is 2.91. The number of nitrogens with zero attached hydrogens (tertiary/aromatic N) is 1. The second-order valence-corrected chi connectivity index (χ2v) is 5.98. The minimum atomic E-state index is -0.0727. The summed E-state index contributed by atoms with van der Waals surface area (Å²) in [6.45, 7) is 8.18. The van der Waals surface area contributed by atoms with Crippen LogP contribution in [0.2, 0.25) is 0 Å². The fraction of sp³-hybridized carbons (Fsp3) is 0.647. The number of nitrogens with one attached hydrogen (secondary N) is 1. The Morgan fingerprint density at radius 1 is 1.40 bits per heavy atom. The van der Waals surface area contributed by atoms with Gasteiger partial charge in [0.2, 0.25) is 0 Å². The SMILES string of the molecule is CCCCN(Cc1cc(C)ccc1F)CC1CCCN1. The van der Waals surface area contributed by atoms with Gasteiger partial charge in [-0.3, -0.25) is 4.90 Å². The van der Waals surface area contributed by atoms with Gasteiger partial charge in [0, 0.05) is 24.7 Å². The van der Waals surface area contributed by atoms with Gasteiger partial charge in [0.05, 0.1) is 0 Å². The van der Waals surface area contributed by atoms with Gasteiger partial charge in [-0.05, 0) is 45.3 Å². The maximum absolute atomic E-state index is 13.9. The van der Waals surface area contributed by atoms with E-state index in [1.165, 1.54) is 25.7 Å². The van der Waals surface area contributed by atoms with Crippen LogP contribution in [0, 0.1) is 12.7 Å². The van der Waals surface area contributed by atoms with E-state index in [9.17, 15) is 4.39 Å². The molecule has 20 heavy (non-hydrogen) atoms. The van der Waals surface area contributed by atoms with Crippen molar-refractivity contribution in [3.63, 3.8) is 0 Å². The van der Waals surface area contributed by atoms with Crippen LogP contribution in [-0.2, 0) is 6.54 Å². The zero-order valence-corrected chi connectivity index (χ0v) is 12.8. The summed E-state index contributed by atoms with van der Waals surface area (Å²) < 4.78 is 13.9. The molecule has 0 aromatic heterocycles. The summed E-state index contributed by atoms with van der Waals surface area (Å²) in [6, 6.07) is 6.00. The summed E-state index contributed by atoms with van der Waals surface area (Å²) in [5, 5.41) is 3.54. The van der Waals surface area contributed by atoms with E-state index in [-0.39, 0.29) is 5.82 Å². The highest BCUT2D eigenvalue weighted by Gasteiger charge is 2.18. The summed E-state index contributed by atoms with van der Waals surface area (Å²) >= 11 is 0. The molecule has 0 bridgehead atoms. The van der Waals surface area contributed by atoms with Crippen molar-refractivity contribution in [2.24, 2.45) is 0 Å². The molecule has 1 unspecified atom stereocenters. The van der Waals surface area contributed by atoms with Crippen LogP contribution in [0.3, 0.4) is 0 Å². The molecule has 2 nitrogen and oxygen atoms in total.